The van der Waals surface area contributed by atoms with Crippen LogP contribution in [-0.2, 0) is 6.54 Å². The van der Waals surface area contributed by atoms with Crippen LogP contribution in [0.5, 0.6) is 0 Å². The molecule has 1 aliphatic carbocycles. The molecule has 0 bridgehead atoms. The predicted molar refractivity (Wildman–Crippen MR) is 70.8 cm³/mol. The van der Waals surface area contributed by atoms with E-state index in [1.807, 2.05) is 6.92 Å². The van der Waals surface area contributed by atoms with Gasteiger partial charge in [-0.05, 0) is 39.0 Å². The minimum Gasteiger partial charge on any atom is -0.407 e. The Kier molecular flexibility index (Phi) is 3.45. The number of aromatic nitrogens is 2. The minimum atomic E-state index is -0.564. The predicted octanol–water partition coefficient (Wildman–Crippen LogP) is 1.06. The molecule has 6 nitrogen and oxygen atoms in total. The summed E-state index contributed by atoms with van der Waals surface area (Å²) < 4.78 is 5.68. The van der Waals surface area contributed by atoms with E-state index < -0.39 is 5.60 Å². The first kappa shape index (κ1) is 12.9. The minimum absolute atomic E-state index is 0.564. The summed E-state index contributed by atoms with van der Waals surface area (Å²) in [7, 11) is 0. The highest BCUT2D eigenvalue weighted by atomic mass is 16.4. The normalized spacial score (nSPS) is 28.4. The van der Waals surface area contributed by atoms with E-state index in [1.165, 1.54) is 12.8 Å². The molecule has 3 rings (SSSR count). The molecule has 0 spiro atoms. The molecule has 1 saturated heterocycles. The van der Waals surface area contributed by atoms with Gasteiger partial charge < -0.3 is 19.7 Å². The maximum absolute atomic E-state index is 10.1. The highest BCUT2D eigenvalue weighted by molar-refractivity contribution is 5.24. The average molecular weight is 266 g/mol. The fraction of sp³-hybridized carbons (Fsp3) is 0.846. The van der Waals surface area contributed by atoms with Gasteiger partial charge in [0, 0.05) is 19.1 Å². The van der Waals surface area contributed by atoms with Crippen LogP contribution in [0.25, 0.3) is 0 Å². The van der Waals surface area contributed by atoms with Crippen molar-refractivity contribution >= 4 is 6.01 Å². The Bertz CT molecular complexity index is 428. The lowest BCUT2D eigenvalue weighted by molar-refractivity contribution is 0.0481. The Hall–Kier alpha value is -1.14. The van der Waals surface area contributed by atoms with Gasteiger partial charge in [0.05, 0.1) is 12.1 Å². The molecule has 2 fully saturated rings. The number of hydrogen-bond acceptors (Lipinski definition) is 6. The average Bonchev–Trinajstić information content (AvgIpc) is 3.11. The molecule has 2 heterocycles. The molecule has 1 unspecified atom stereocenters. The molecule has 1 aromatic heterocycles. The van der Waals surface area contributed by atoms with Gasteiger partial charge in [-0.25, -0.2) is 0 Å². The van der Waals surface area contributed by atoms with Crippen LogP contribution in [0.3, 0.4) is 0 Å². The van der Waals surface area contributed by atoms with E-state index in [-0.39, 0.29) is 0 Å². The summed E-state index contributed by atoms with van der Waals surface area (Å²) in [5.41, 5.74) is -0.564. The van der Waals surface area contributed by atoms with Crippen LogP contribution in [0.15, 0.2) is 4.42 Å². The van der Waals surface area contributed by atoms with Crippen LogP contribution < -0.4 is 10.2 Å². The highest BCUT2D eigenvalue weighted by Gasteiger charge is 2.27. The summed E-state index contributed by atoms with van der Waals surface area (Å²) in [5.74, 6) is 0.651. The summed E-state index contributed by atoms with van der Waals surface area (Å²) in [6.07, 6.45) is 5.02. The maximum Gasteiger partial charge on any atom is 0.318 e. The van der Waals surface area contributed by atoms with E-state index in [0.717, 1.165) is 32.4 Å². The zero-order chi connectivity index (χ0) is 13.3. The SMILES string of the molecule is CC1(O)CCCN(c2nnc(CNC3CC3)o2)CC1. The van der Waals surface area contributed by atoms with Crippen LogP contribution in [0.1, 0.15) is 44.9 Å². The molecule has 1 aromatic rings. The molecule has 1 aliphatic heterocycles. The van der Waals surface area contributed by atoms with Crippen LogP contribution in [0.2, 0.25) is 0 Å². The van der Waals surface area contributed by atoms with Gasteiger partial charge in [0.1, 0.15) is 0 Å². The molecule has 2 aliphatic rings. The lowest BCUT2D eigenvalue weighted by atomic mass is 9.98. The smallest absolute Gasteiger partial charge is 0.318 e. The Morgan fingerprint density at radius 3 is 3.00 bits per heavy atom. The Morgan fingerprint density at radius 1 is 1.37 bits per heavy atom. The molecule has 1 saturated carbocycles. The Morgan fingerprint density at radius 2 is 2.21 bits per heavy atom. The van der Waals surface area contributed by atoms with Crippen molar-refractivity contribution in [2.24, 2.45) is 0 Å². The first-order chi connectivity index (χ1) is 9.12. The molecule has 6 heteroatoms. The second-order valence-corrected chi connectivity index (χ2v) is 5.97. The van der Waals surface area contributed by atoms with E-state index in [2.05, 4.69) is 20.4 Å². The second kappa shape index (κ2) is 5.09. The molecule has 0 amide bonds. The van der Waals surface area contributed by atoms with Crippen molar-refractivity contribution in [3.63, 3.8) is 0 Å². The zero-order valence-electron chi connectivity index (χ0n) is 11.4. The van der Waals surface area contributed by atoms with Crippen LogP contribution >= 0.6 is 0 Å². The summed E-state index contributed by atoms with van der Waals surface area (Å²) in [6, 6.07) is 1.23. The van der Waals surface area contributed by atoms with Gasteiger partial charge in [0.15, 0.2) is 0 Å². The van der Waals surface area contributed by atoms with Crippen molar-refractivity contribution in [1.82, 2.24) is 15.5 Å². The molecule has 0 radical (unpaired) electrons. The van der Waals surface area contributed by atoms with E-state index in [4.69, 9.17) is 4.42 Å². The summed E-state index contributed by atoms with van der Waals surface area (Å²) >= 11 is 0. The van der Waals surface area contributed by atoms with Gasteiger partial charge in [-0.3, -0.25) is 0 Å². The monoisotopic (exact) mass is 266 g/mol. The molecule has 2 N–H and O–H groups in total. The van der Waals surface area contributed by atoms with E-state index in [9.17, 15) is 5.11 Å². The van der Waals surface area contributed by atoms with Crippen molar-refractivity contribution < 1.29 is 9.52 Å². The molecule has 0 aromatic carbocycles. The van der Waals surface area contributed by atoms with Gasteiger partial charge in [0.25, 0.3) is 0 Å². The van der Waals surface area contributed by atoms with Gasteiger partial charge >= 0.3 is 6.01 Å². The molecule has 1 atom stereocenters. The highest BCUT2D eigenvalue weighted by Crippen LogP contribution is 2.25. The van der Waals surface area contributed by atoms with Gasteiger partial charge in [-0.2, -0.15) is 0 Å². The first-order valence-electron chi connectivity index (χ1n) is 7.15. The second-order valence-electron chi connectivity index (χ2n) is 5.97. The topological polar surface area (TPSA) is 74.4 Å². The van der Waals surface area contributed by atoms with E-state index >= 15 is 0 Å². The van der Waals surface area contributed by atoms with E-state index in [1.54, 1.807) is 0 Å². The fourth-order valence-corrected chi connectivity index (χ4v) is 2.42. The lowest BCUT2D eigenvalue weighted by Gasteiger charge is -2.21. The number of rotatable bonds is 4. The zero-order valence-corrected chi connectivity index (χ0v) is 11.4. The van der Waals surface area contributed by atoms with Crippen molar-refractivity contribution in [1.29, 1.82) is 0 Å². The van der Waals surface area contributed by atoms with E-state index in [0.29, 0.717) is 24.5 Å². The lowest BCUT2D eigenvalue weighted by Crippen LogP contribution is -2.28. The third-order valence-electron chi connectivity index (χ3n) is 3.91. The Balaban J connectivity index is 1.58. The van der Waals surface area contributed by atoms with Crippen molar-refractivity contribution in [3.05, 3.63) is 5.89 Å². The number of anilines is 1. The maximum atomic E-state index is 10.1. The molecule has 106 valence electrons. The van der Waals surface area contributed by atoms with Crippen molar-refractivity contribution in [2.75, 3.05) is 18.0 Å². The first-order valence-corrected chi connectivity index (χ1v) is 7.15. The van der Waals surface area contributed by atoms with Crippen LogP contribution in [-0.4, -0.2) is 40.0 Å². The summed E-state index contributed by atoms with van der Waals surface area (Å²) in [6.45, 7) is 4.19. The third-order valence-corrected chi connectivity index (χ3v) is 3.91. The van der Waals surface area contributed by atoms with Gasteiger partial charge in [0.2, 0.25) is 5.89 Å². The van der Waals surface area contributed by atoms with Gasteiger partial charge in [-0.15, -0.1) is 5.10 Å². The largest absolute Gasteiger partial charge is 0.407 e. The quantitative estimate of drug-likeness (QED) is 0.849. The number of nitrogens with zero attached hydrogens (tertiary/aromatic N) is 3. The standard InChI is InChI=1S/C13H22N4O2/c1-13(18)5-2-7-17(8-6-13)12-16-15-11(19-12)9-14-10-3-4-10/h10,14,18H,2-9H2,1H3. The van der Waals surface area contributed by atoms with Crippen molar-refractivity contribution in [2.45, 2.75) is 57.2 Å². The Labute approximate surface area is 113 Å². The van der Waals surface area contributed by atoms with Crippen LogP contribution in [0, 0.1) is 0 Å². The summed E-state index contributed by atoms with van der Waals surface area (Å²) in [4.78, 5) is 2.08. The number of nitrogens with one attached hydrogen (secondary N) is 1. The summed E-state index contributed by atoms with van der Waals surface area (Å²) in [5, 5.41) is 21.6. The van der Waals surface area contributed by atoms with Crippen LogP contribution in [0.4, 0.5) is 6.01 Å². The molecule has 19 heavy (non-hydrogen) atoms. The number of aliphatic hydroxyl groups is 1. The fourth-order valence-electron chi connectivity index (χ4n) is 2.42. The molecular weight excluding hydrogens is 244 g/mol. The molecular formula is C13H22N4O2. The van der Waals surface area contributed by atoms with Crippen molar-refractivity contribution in [3.8, 4) is 0 Å². The van der Waals surface area contributed by atoms with Gasteiger partial charge in [-0.1, -0.05) is 5.10 Å². The number of hydrogen-bond donors (Lipinski definition) is 2. The third kappa shape index (κ3) is 3.45.